The van der Waals surface area contributed by atoms with Gasteiger partial charge in [0, 0.05) is 12.1 Å². The number of Topliss-reactive ketones (excluding diaryl/α,β-unsaturated/α-hetero) is 1. The monoisotopic (exact) mass is 419 g/mol. The number of rotatable bonds is 8. The smallest absolute Gasteiger partial charge is 0.295 e. The van der Waals surface area contributed by atoms with E-state index in [2.05, 4.69) is 6.58 Å². The molecule has 1 amide bonds. The van der Waals surface area contributed by atoms with Crippen molar-refractivity contribution in [1.29, 1.82) is 0 Å². The van der Waals surface area contributed by atoms with E-state index in [4.69, 9.17) is 4.74 Å². The third-order valence-corrected chi connectivity index (χ3v) is 5.48. The lowest BCUT2D eigenvalue weighted by Crippen LogP contribution is -2.30. The van der Waals surface area contributed by atoms with Gasteiger partial charge >= 0.3 is 0 Å². The first-order chi connectivity index (χ1) is 14.9. The molecule has 2 aromatic carbocycles. The zero-order chi connectivity index (χ0) is 22.5. The van der Waals surface area contributed by atoms with Crippen LogP contribution in [0.2, 0.25) is 0 Å². The summed E-state index contributed by atoms with van der Waals surface area (Å²) in [7, 11) is 0. The molecule has 0 bridgehead atoms. The van der Waals surface area contributed by atoms with E-state index in [9.17, 15) is 14.7 Å². The summed E-state index contributed by atoms with van der Waals surface area (Å²) in [5.41, 5.74) is 3.21. The highest BCUT2D eigenvalue weighted by molar-refractivity contribution is 6.46. The Hall–Kier alpha value is -3.34. The topological polar surface area (TPSA) is 66.8 Å². The summed E-state index contributed by atoms with van der Waals surface area (Å²) in [5.74, 6) is -0.759. The maximum Gasteiger partial charge on any atom is 0.295 e. The maximum absolute atomic E-state index is 13.1. The first-order valence-corrected chi connectivity index (χ1v) is 10.6. The molecule has 1 aliphatic heterocycles. The molecule has 2 aromatic rings. The highest BCUT2D eigenvalue weighted by atomic mass is 16.5. The third-order valence-electron chi connectivity index (χ3n) is 5.48. The number of likely N-dealkylation sites (tertiary alicyclic amines) is 1. The number of aliphatic hydroxyl groups is 1. The summed E-state index contributed by atoms with van der Waals surface area (Å²) in [6.45, 7) is 10.3. The van der Waals surface area contributed by atoms with Crippen molar-refractivity contribution in [3.8, 4) is 5.75 Å². The molecule has 1 aliphatic rings. The van der Waals surface area contributed by atoms with Gasteiger partial charge in [-0.05, 0) is 49.6 Å². The molecule has 31 heavy (non-hydrogen) atoms. The number of hydrogen-bond acceptors (Lipinski definition) is 4. The average molecular weight is 420 g/mol. The normalized spacial score (nSPS) is 17.8. The number of aliphatic hydroxyl groups excluding tert-OH is 1. The molecule has 5 heteroatoms. The predicted molar refractivity (Wildman–Crippen MR) is 122 cm³/mol. The molecular formula is C26H29NO4. The summed E-state index contributed by atoms with van der Waals surface area (Å²) in [4.78, 5) is 27.6. The Morgan fingerprint density at radius 3 is 2.68 bits per heavy atom. The molecular weight excluding hydrogens is 390 g/mol. The molecule has 0 radical (unpaired) electrons. The lowest BCUT2D eigenvalue weighted by atomic mass is 9.93. The van der Waals surface area contributed by atoms with Gasteiger partial charge in [0.05, 0.1) is 11.6 Å². The number of aryl methyl sites for hydroxylation is 2. The molecule has 1 heterocycles. The van der Waals surface area contributed by atoms with E-state index in [1.165, 1.54) is 0 Å². The molecule has 1 saturated heterocycles. The van der Waals surface area contributed by atoms with Crippen LogP contribution < -0.4 is 4.74 Å². The quantitative estimate of drug-likeness (QED) is 0.280. The van der Waals surface area contributed by atoms with Gasteiger partial charge in [0.25, 0.3) is 11.7 Å². The van der Waals surface area contributed by atoms with Crippen LogP contribution in [0.4, 0.5) is 0 Å². The standard InChI is InChI=1S/C26H29NO4/c1-5-7-13-27-23(19-9-8-10-20(16-19)31-14-6-2)22(25(29)26(27)30)24(28)21-15-17(3)11-12-18(21)4/h6,8-12,15-16,23,28H,2,5,7,13-14H2,1,3-4H3/b24-22+. The van der Waals surface area contributed by atoms with Crippen LogP contribution in [-0.2, 0) is 9.59 Å². The summed E-state index contributed by atoms with van der Waals surface area (Å²) in [6.07, 6.45) is 3.30. The molecule has 1 unspecified atom stereocenters. The minimum atomic E-state index is -0.668. The summed E-state index contributed by atoms with van der Waals surface area (Å²) in [6, 6.07) is 12.3. The number of hydrogen-bond donors (Lipinski definition) is 1. The van der Waals surface area contributed by atoms with Crippen LogP contribution in [0.15, 0.2) is 60.7 Å². The number of benzene rings is 2. The van der Waals surface area contributed by atoms with Gasteiger partial charge < -0.3 is 14.7 Å². The van der Waals surface area contributed by atoms with Crippen LogP contribution >= 0.6 is 0 Å². The molecule has 0 aliphatic carbocycles. The van der Waals surface area contributed by atoms with Crippen LogP contribution in [0.25, 0.3) is 5.76 Å². The highest BCUT2D eigenvalue weighted by Gasteiger charge is 2.45. The van der Waals surface area contributed by atoms with Crippen molar-refractivity contribution in [3.05, 3.63) is 82.9 Å². The van der Waals surface area contributed by atoms with Crippen molar-refractivity contribution in [2.24, 2.45) is 0 Å². The fourth-order valence-electron chi connectivity index (χ4n) is 3.85. The zero-order valence-electron chi connectivity index (χ0n) is 18.4. The molecule has 162 valence electrons. The van der Waals surface area contributed by atoms with Crippen LogP contribution in [-0.4, -0.2) is 34.8 Å². The fraction of sp³-hybridized carbons (Fsp3) is 0.308. The Morgan fingerprint density at radius 2 is 1.97 bits per heavy atom. The summed E-state index contributed by atoms with van der Waals surface area (Å²) < 4.78 is 5.66. The SMILES string of the molecule is C=CCOc1cccc(C2/C(=C(\O)c3cc(C)ccc3C)C(=O)C(=O)N2CCCC)c1. The van der Waals surface area contributed by atoms with Gasteiger partial charge in [-0.2, -0.15) is 0 Å². The Labute approximate surface area is 183 Å². The zero-order valence-corrected chi connectivity index (χ0v) is 18.4. The van der Waals surface area contributed by atoms with Gasteiger partial charge in [-0.3, -0.25) is 9.59 Å². The fourth-order valence-corrected chi connectivity index (χ4v) is 3.85. The van der Waals surface area contributed by atoms with E-state index >= 15 is 0 Å². The third kappa shape index (κ3) is 4.55. The number of carbonyl (C=O) groups is 2. The van der Waals surface area contributed by atoms with Gasteiger partial charge in [0.1, 0.15) is 18.1 Å². The second kappa shape index (κ2) is 9.65. The minimum Gasteiger partial charge on any atom is -0.507 e. The predicted octanol–water partition coefficient (Wildman–Crippen LogP) is 5.09. The van der Waals surface area contributed by atoms with Crippen molar-refractivity contribution in [3.63, 3.8) is 0 Å². The van der Waals surface area contributed by atoms with Crippen molar-refractivity contribution in [2.75, 3.05) is 13.2 Å². The lowest BCUT2D eigenvalue weighted by molar-refractivity contribution is -0.139. The number of nitrogens with zero attached hydrogens (tertiary/aromatic N) is 1. The van der Waals surface area contributed by atoms with E-state index in [0.29, 0.717) is 24.5 Å². The summed E-state index contributed by atoms with van der Waals surface area (Å²) >= 11 is 0. The first-order valence-electron chi connectivity index (χ1n) is 10.6. The van der Waals surface area contributed by atoms with Crippen molar-refractivity contribution in [1.82, 2.24) is 4.90 Å². The van der Waals surface area contributed by atoms with E-state index in [1.807, 2.05) is 63.2 Å². The number of carbonyl (C=O) groups excluding carboxylic acids is 2. The highest BCUT2D eigenvalue weighted by Crippen LogP contribution is 2.40. The van der Waals surface area contributed by atoms with Crippen molar-refractivity contribution in [2.45, 2.75) is 39.7 Å². The lowest BCUT2D eigenvalue weighted by Gasteiger charge is -2.25. The van der Waals surface area contributed by atoms with Gasteiger partial charge in [-0.15, -0.1) is 0 Å². The van der Waals surface area contributed by atoms with Crippen molar-refractivity contribution >= 4 is 17.4 Å². The Morgan fingerprint density at radius 1 is 1.19 bits per heavy atom. The van der Waals surface area contributed by atoms with E-state index < -0.39 is 17.7 Å². The number of unbranched alkanes of at least 4 members (excludes halogenated alkanes) is 1. The molecule has 0 saturated carbocycles. The molecule has 1 fully saturated rings. The van der Waals surface area contributed by atoms with Crippen molar-refractivity contribution < 1.29 is 19.4 Å². The molecule has 0 spiro atoms. The largest absolute Gasteiger partial charge is 0.507 e. The second-order valence-corrected chi connectivity index (χ2v) is 7.84. The number of amides is 1. The van der Waals surface area contributed by atoms with E-state index in [1.54, 1.807) is 11.0 Å². The Kier molecular flexibility index (Phi) is 6.95. The van der Waals surface area contributed by atoms with Crippen LogP contribution in [0.3, 0.4) is 0 Å². The van der Waals surface area contributed by atoms with Gasteiger partial charge in [-0.1, -0.05) is 55.8 Å². The average Bonchev–Trinajstić information content (AvgIpc) is 3.02. The van der Waals surface area contributed by atoms with Gasteiger partial charge in [0.15, 0.2) is 0 Å². The number of ketones is 1. The molecule has 1 N–H and O–H groups in total. The summed E-state index contributed by atoms with van der Waals surface area (Å²) in [5, 5.41) is 11.2. The molecule has 1 atom stereocenters. The van der Waals surface area contributed by atoms with E-state index in [-0.39, 0.29) is 11.3 Å². The number of ether oxygens (including phenoxy) is 1. The first kappa shape index (κ1) is 22.3. The Balaban J connectivity index is 2.18. The van der Waals surface area contributed by atoms with Gasteiger partial charge in [0.2, 0.25) is 0 Å². The Bertz CT molecular complexity index is 1040. The van der Waals surface area contributed by atoms with Gasteiger partial charge in [-0.25, -0.2) is 0 Å². The maximum atomic E-state index is 13.1. The second-order valence-electron chi connectivity index (χ2n) is 7.84. The van der Waals surface area contributed by atoms with Crippen LogP contribution in [0.1, 0.15) is 48.1 Å². The molecule has 5 nitrogen and oxygen atoms in total. The van der Waals surface area contributed by atoms with E-state index in [0.717, 1.165) is 29.5 Å². The molecule has 3 rings (SSSR count). The minimum absolute atomic E-state index is 0.121. The van der Waals surface area contributed by atoms with Crippen LogP contribution in [0.5, 0.6) is 5.75 Å². The molecule has 0 aromatic heterocycles. The van der Waals surface area contributed by atoms with Crippen LogP contribution in [0, 0.1) is 13.8 Å².